The minimum Gasteiger partial charge on any atom is -0.491 e. The van der Waals surface area contributed by atoms with Crippen LogP contribution in [0, 0.1) is 5.82 Å². The second kappa shape index (κ2) is 10.2. The van der Waals surface area contributed by atoms with E-state index in [0.717, 1.165) is 5.56 Å². The van der Waals surface area contributed by atoms with E-state index < -0.39 is 11.7 Å². The number of hydrogen-bond donors (Lipinski definition) is 1. The third-order valence-corrected chi connectivity index (χ3v) is 4.11. The smallest absolute Gasteiger partial charge is 0.255 e. The molecule has 0 bridgehead atoms. The maximum Gasteiger partial charge on any atom is 0.255 e. The fourth-order valence-corrected chi connectivity index (χ4v) is 2.74. The summed E-state index contributed by atoms with van der Waals surface area (Å²) in [6.07, 6.45) is 3.41. The number of nitrogens with zero attached hydrogens (tertiary/aromatic N) is 1. The number of ether oxygens (including phenoxy) is 3. The number of anilines is 1. The summed E-state index contributed by atoms with van der Waals surface area (Å²) in [5.74, 6) is 0.183. The Morgan fingerprint density at radius 3 is 2.43 bits per heavy atom. The molecule has 0 saturated carbocycles. The van der Waals surface area contributed by atoms with E-state index in [4.69, 9.17) is 14.2 Å². The van der Waals surface area contributed by atoms with Crippen LogP contribution in [0.2, 0.25) is 0 Å². The van der Waals surface area contributed by atoms with Crippen molar-refractivity contribution in [2.45, 2.75) is 20.5 Å². The first-order valence-electron chi connectivity index (χ1n) is 9.63. The molecule has 2 aromatic carbocycles. The van der Waals surface area contributed by atoms with Crippen molar-refractivity contribution in [1.29, 1.82) is 0 Å². The van der Waals surface area contributed by atoms with Gasteiger partial charge in [0.2, 0.25) is 0 Å². The van der Waals surface area contributed by atoms with Crippen LogP contribution in [0.5, 0.6) is 17.2 Å². The second-order valence-electron chi connectivity index (χ2n) is 6.28. The Morgan fingerprint density at radius 1 is 0.967 bits per heavy atom. The molecule has 7 heteroatoms. The molecule has 1 N–H and O–H groups in total. The lowest BCUT2D eigenvalue weighted by molar-refractivity contribution is 0.102. The van der Waals surface area contributed by atoms with Gasteiger partial charge in [0.05, 0.1) is 13.2 Å². The maximum absolute atomic E-state index is 14.0. The standard InChI is InChI=1S/C23H23FN2O4/c1-3-28-20-10-8-18(13-19(20)24)26-23(27)17-7-9-21(22(12-17)29-4-2)30-15-16-6-5-11-25-14-16/h5-14H,3-4,15H2,1-2H3,(H,26,27). The molecule has 3 aromatic rings. The molecule has 0 aliphatic heterocycles. The highest BCUT2D eigenvalue weighted by Gasteiger charge is 2.13. The van der Waals surface area contributed by atoms with E-state index in [1.54, 1.807) is 43.6 Å². The van der Waals surface area contributed by atoms with Crippen molar-refractivity contribution >= 4 is 11.6 Å². The van der Waals surface area contributed by atoms with Crippen LogP contribution in [-0.4, -0.2) is 24.1 Å². The van der Waals surface area contributed by atoms with Gasteiger partial charge in [-0.1, -0.05) is 6.07 Å². The van der Waals surface area contributed by atoms with Crippen LogP contribution in [0.25, 0.3) is 0 Å². The number of aromatic nitrogens is 1. The number of amides is 1. The molecule has 6 nitrogen and oxygen atoms in total. The molecular formula is C23H23FN2O4. The van der Waals surface area contributed by atoms with Gasteiger partial charge < -0.3 is 19.5 Å². The van der Waals surface area contributed by atoms with Gasteiger partial charge in [-0.25, -0.2) is 4.39 Å². The third-order valence-electron chi connectivity index (χ3n) is 4.11. The largest absolute Gasteiger partial charge is 0.491 e. The van der Waals surface area contributed by atoms with Crippen LogP contribution in [0.4, 0.5) is 10.1 Å². The number of carbonyl (C=O) groups is 1. The molecule has 0 saturated heterocycles. The third kappa shape index (κ3) is 5.47. The normalized spacial score (nSPS) is 10.4. The van der Waals surface area contributed by atoms with Crippen LogP contribution in [0.1, 0.15) is 29.8 Å². The quantitative estimate of drug-likeness (QED) is 0.546. The minimum absolute atomic E-state index is 0.143. The average Bonchev–Trinajstić information content (AvgIpc) is 2.76. The molecular weight excluding hydrogens is 387 g/mol. The van der Waals surface area contributed by atoms with Crippen LogP contribution in [0.15, 0.2) is 60.9 Å². The summed E-state index contributed by atoms with van der Waals surface area (Å²) in [5, 5.41) is 2.68. The predicted molar refractivity (Wildman–Crippen MR) is 112 cm³/mol. The first kappa shape index (κ1) is 21.1. The summed E-state index contributed by atoms with van der Waals surface area (Å²) in [4.78, 5) is 16.7. The summed E-state index contributed by atoms with van der Waals surface area (Å²) in [7, 11) is 0. The van der Waals surface area contributed by atoms with E-state index in [1.165, 1.54) is 12.1 Å². The molecule has 0 unspecified atom stereocenters. The van der Waals surface area contributed by atoms with Crippen molar-refractivity contribution in [2.24, 2.45) is 0 Å². The highest BCUT2D eigenvalue weighted by molar-refractivity contribution is 6.04. The summed E-state index contributed by atoms with van der Waals surface area (Å²) in [6.45, 7) is 4.72. The van der Waals surface area contributed by atoms with Gasteiger partial charge in [-0.05, 0) is 50.2 Å². The Bertz CT molecular complexity index is 996. The van der Waals surface area contributed by atoms with Gasteiger partial charge in [0.25, 0.3) is 5.91 Å². The van der Waals surface area contributed by atoms with Crippen LogP contribution in [-0.2, 0) is 6.61 Å². The van der Waals surface area contributed by atoms with E-state index in [-0.39, 0.29) is 5.75 Å². The second-order valence-corrected chi connectivity index (χ2v) is 6.28. The number of pyridine rings is 1. The van der Waals surface area contributed by atoms with Crippen molar-refractivity contribution in [1.82, 2.24) is 4.98 Å². The van der Waals surface area contributed by atoms with Gasteiger partial charge in [0, 0.05) is 35.3 Å². The zero-order valence-electron chi connectivity index (χ0n) is 16.9. The predicted octanol–water partition coefficient (Wildman–Crippen LogP) is 4.85. The van der Waals surface area contributed by atoms with Gasteiger partial charge in [-0.3, -0.25) is 9.78 Å². The molecule has 1 amide bonds. The highest BCUT2D eigenvalue weighted by Crippen LogP contribution is 2.30. The van der Waals surface area contributed by atoms with Crippen LogP contribution < -0.4 is 19.5 Å². The molecule has 0 spiro atoms. The SMILES string of the molecule is CCOc1ccc(NC(=O)c2ccc(OCc3cccnc3)c(OCC)c2)cc1F. The fraction of sp³-hybridized carbons (Fsp3) is 0.217. The molecule has 1 heterocycles. The van der Waals surface area contributed by atoms with Gasteiger partial charge in [-0.2, -0.15) is 0 Å². The monoisotopic (exact) mass is 410 g/mol. The van der Waals surface area contributed by atoms with E-state index >= 15 is 0 Å². The topological polar surface area (TPSA) is 69.7 Å². The zero-order valence-corrected chi connectivity index (χ0v) is 16.9. The van der Waals surface area contributed by atoms with E-state index in [1.807, 2.05) is 19.1 Å². The number of rotatable bonds is 9. The number of halogens is 1. The van der Waals surface area contributed by atoms with Crippen LogP contribution >= 0.6 is 0 Å². The number of hydrogen-bond acceptors (Lipinski definition) is 5. The van der Waals surface area contributed by atoms with Crippen molar-refractivity contribution < 1.29 is 23.4 Å². The zero-order chi connectivity index (χ0) is 21.3. The number of nitrogens with one attached hydrogen (secondary N) is 1. The lowest BCUT2D eigenvalue weighted by atomic mass is 10.1. The molecule has 0 radical (unpaired) electrons. The Morgan fingerprint density at radius 2 is 1.73 bits per heavy atom. The highest BCUT2D eigenvalue weighted by atomic mass is 19.1. The van der Waals surface area contributed by atoms with Crippen molar-refractivity contribution in [2.75, 3.05) is 18.5 Å². The van der Waals surface area contributed by atoms with Crippen molar-refractivity contribution in [3.63, 3.8) is 0 Å². The van der Waals surface area contributed by atoms with Gasteiger partial charge >= 0.3 is 0 Å². The van der Waals surface area contributed by atoms with E-state index in [9.17, 15) is 9.18 Å². The van der Waals surface area contributed by atoms with E-state index in [2.05, 4.69) is 10.3 Å². The summed E-state index contributed by atoms with van der Waals surface area (Å²) < 4.78 is 30.6. The van der Waals surface area contributed by atoms with Crippen LogP contribution in [0.3, 0.4) is 0 Å². The van der Waals surface area contributed by atoms with Gasteiger partial charge in [-0.15, -0.1) is 0 Å². The first-order valence-corrected chi connectivity index (χ1v) is 9.63. The Hall–Kier alpha value is -3.61. The molecule has 0 fully saturated rings. The molecule has 1 aromatic heterocycles. The maximum atomic E-state index is 14.0. The molecule has 0 aliphatic rings. The Labute approximate surface area is 174 Å². The average molecular weight is 410 g/mol. The summed E-state index contributed by atoms with van der Waals surface area (Å²) in [5.41, 5.74) is 1.61. The lowest BCUT2D eigenvalue weighted by Gasteiger charge is -2.14. The fourth-order valence-electron chi connectivity index (χ4n) is 2.74. The van der Waals surface area contributed by atoms with E-state index in [0.29, 0.717) is 42.6 Å². The first-order chi connectivity index (χ1) is 14.6. The molecule has 0 atom stereocenters. The molecule has 3 rings (SSSR count). The summed E-state index contributed by atoms with van der Waals surface area (Å²) >= 11 is 0. The van der Waals surface area contributed by atoms with Crippen molar-refractivity contribution in [3.05, 3.63) is 77.9 Å². The minimum atomic E-state index is -0.538. The van der Waals surface area contributed by atoms with Gasteiger partial charge in [0.15, 0.2) is 23.1 Å². The number of benzene rings is 2. The molecule has 30 heavy (non-hydrogen) atoms. The summed E-state index contributed by atoms with van der Waals surface area (Å²) in [6, 6.07) is 12.9. The molecule has 156 valence electrons. The Balaban J connectivity index is 1.72. The number of carbonyl (C=O) groups excluding carboxylic acids is 1. The lowest BCUT2D eigenvalue weighted by Crippen LogP contribution is -2.12. The Kier molecular flexibility index (Phi) is 7.21. The molecule has 0 aliphatic carbocycles. The van der Waals surface area contributed by atoms with Gasteiger partial charge in [0.1, 0.15) is 6.61 Å². The van der Waals surface area contributed by atoms with Crippen molar-refractivity contribution in [3.8, 4) is 17.2 Å².